The number of nitrogens with zero attached hydrogens (tertiary/aromatic N) is 1. The molecule has 0 aliphatic rings. The van der Waals surface area contributed by atoms with Crippen LogP contribution in [-0.4, -0.2) is 29.5 Å². The van der Waals surface area contributed by atoms with Crippen LogP contribution in [0.15, 0.2) is 18.3 Å². The van der Waals surface area contributed by atoms with E-state index in [0.717, 1.165) is 23.9 Å². The summed E-state index contributed by atoms with van der Waals surface area (Å²) >= 11 is 0. The summed E-state index contributed by atoms with van der Waals surface area (Å²) in [5.74, 6) is -1.61. The van der Waals surface area contributed by atoms with Gasteiger partial charge in [-0.3, -0.25) is 0 Å². The number of aromatic amines is 1. The largest absolute Gasteiger partial charge is 0.358 e. The first-order chi connectivity index (χ1) is 8.50. The van der Waals surface area contributed by atoms with Crippen molar-refractivity contribution < 1.29 is 8.78 Å². The zero-order valence-corrected chi connectivity index (χ0v) is 10.9. The molecular formula is C14H18F2N2. The Morgan fingerprint density at radius 1 is 1.28 bits per heavy atom. The lowest BCUT2D eigenvalue weighted by Crippen LogP contribution is -2.28. The lowest BCUT2D eigenvalue weighted by Gasteiger charge is -2.20. The van der Waals surface area contributed by atoms with E-state index < -0.39 is 11.6 Å². The fraction of sp³-hybridized carbons (Fsp3) is 0.429. The van der Waals surface area contributed by atoms with Crippen LogP contribution in [0.1, 0.15) is 19.4 Å². The maximum Gasteiger partial charge on any atom is 0.182 e. The van der Waals surface area contributed by atoms with Gasteiger partial charge in [0.15, 0.2) is 11.6 Å². The molecule has 2 rings (SSSR count). The van der Waals surface area contributed by atoms with Gasteiger partial charge in [-0.25, -0.2) is 8.78 Å². The summed E-state index contributed by atoms with van der Waals surface area (Å²) in [6.45, 7) is 5.15. The van der Waals surface area contributed by atoms with E-state index in [-0.39, 0.29) is 5.52 Å². The topological polar surface area (TPSA) is 19.0 Å². The first-order valence-corrected chi connectivity index (χ1v) is 6.15. The minimum atomic E-state index is -0.810. The Morgan fingerprint density at radius 3 is 2.67 bits per heavy atom. The normalized spacial score (nSPS) is 11.9. The van der Waals surface area contributed by atoms with Gasteiger partial charge in [0, 0.05) is 24.2 Å². The number of hydrogen-bond donors (Lipinski definition) is 1. The molecule has 1 N–H and O–H groups in total. The van der Waals surface area contributed by atoms with Gasteiger partial charge in [-0.1, -0.05) is 0 Å². The molecule has 0 amide bonds. The van der Waals surface area contributed by atoms with Crippen LogP contribution >= 0.6 is 0 Å². The van der Waals surface area contributed by atoms with E-state index in [0.29, 0.717) is 6.04 Å². The quantitative estimate of drug-likeness (QED) is 0.884. The Morgan fingerprint density at radius 2 is 2.00 bits per heavy atom. The molecule has 0 aliphatic heterocycles. The minimum absolute atomic E-state index is 0.261. The molecule has 1 aromatic heterocycles. The SMILES string of the molecule is CC(C)N(C)CCc1c[nH]c2c(F)c(F)ccc12. The van der Waals surface area contributed by atoms with Gasteiger partial charge in [-0.05, 0) is 45.0 Å². The van der Waals surface area contributed by atoms with E-state index in [2.05, 4.69) is 30.8 Å². The van der Waals surface area contributed by atoms with Crippen molar-refractivity contribution in [3.05, 3.63) is 35.5 Å². The summed E-state index contributed by atoms with van der Waals surface area (Å²) < 4.78 is 26.6. The highest BCUT2D eigenvalue weighted by Gasteiger charge is 2.12. The van der Waals surface area contributed by atoms with Crippen molar-refractivity contribution in [3.8, 4) is 0 Å². The number of aromatic nitrogens is 1. The Labute approximate surface area is 106 Å². The van der Waals surface area contributed by atoms with Gasteiger partial charge >= 0.3 is 0 Å². The Balaban J connectivity index is 2.23. The summed E-state index contributed by atoms with van der Waals surface area (Å²) in [5, 5.41) is 0.769. The van der Waals surface area contributed by atoms with Crippen molar-refractivity contribution in [1.82, 2.24) is 9.88 Å². The standard InChI is InChI=1S/C14H18F2N2/c1-9(2)18(3)7-6-10-8-17-14-11(10)4-5-12(15)13(14)16/h4-5,8-9,17H,6-7H2,1-3H3. The Hall–Kier alpha value is -1.42. The van der Waals surface area contributed by atoms with E-state index in [9.17, 15) is 8.78 Å². The summed E-state index contributed by atoms with van der Waals surface area (Å²) in [4.78, 5) is 5.04. The van der Waals surface area contributed by atoms with Gasteiger partial charge in [0.25, 0.3) is 0 Å². The van der Waals surface area contributed by atoms with Crippen LogP contribution in [0.3, 0.4) is 0 Å². The van der Waals surface area contributed by atoms with Crippen LogP contribution < -0.4 is 0 Å². The third-order valence-electron chi connectivity index (χ3n) is 3.45. The molecule has 18 heavy (non-hydrogen) atoms. The number of rotatable bonds is 4. The average molecular weight is 252 g/mol. The van der Waals surface area contributed by atoms with E-state index in [1.807, 2.05) is 0 Å². The third-order valence-corrected chi connectivity index (χ3v) is 3.45. The second-order valence-electron chi connectivity index (χ2n) is 4.92. The van der Waals surface area contributed by atoms with Gasteiger partial charge in [-0.15, -0.1) is 0 Å². The smallest absolute Gasteiger partial charge is 0.182 e. The molecule has 0 atom stereocenters. The van der Waals surface area contributed by atoms with Crippen molar-refractivity contribution in [2.45, 2.75) is 26.3 Å². The zero-order chi connectivity index (χ0) is 13.3. The van der Waals surface area contributed by atoms with Crippen LogP contribution in [0.25, 0.3) is 10.9 Å². The number of likely N-dealkylation sites (N-methyl/N-ethyl adjacent to an activating group) is 1. The second kappa shape index (κ2) is 5.06. The molecular weight excluding hydrogens is 234 g/mol. The van der Waals surface area contributed by atoms with Gasteiger partial charge in [0.2, 0.25) is 0 Å². The van der Waals surface area contributed by atoms with Gasteiger partial charge in [0.05, 0.1) is 5.52 Å². The lowest BCUT2D eigenvalue weighted by molar-refractivity contribution is 0.278. The van der Waals surface area contributed by atoms with Crippen molar-refractivity contribution >= 4 is 10.9 Å². The molecule has 0 fully saturated rings. The Kier molecular flexibility index (Phi) is 3.66. The van der Waals surface area contributed by atoms with E-state index in [1.165, 1.54) is 6.07 Å². The first kappa shape index (κ1) is 13.0. The van der Waals surface area contributed by atoms with Crippen LogP contribution in [0.2, 0.25) is 0 Å². The predicted molar refractivity (Wildman–Crippen MR) is 69.7 cm³/mol. The summed E-state index contributed by atoms with van der Waals surface area (Å²) in [5.41, 5.74) is 1.29. The number of halogens is 2. The number of H-pyrrole nitrogens is 1. The Bertz CT molecular complexity index is 546. The van der Waals surface area contributed by atoms with Crippen molar-refractivity contribution in [2.75, 3.05) is 13.6 Å². The molecule has 0 aliphatic carbocycles. The van der Waals surface area contributed by atoms with Crippen LogP contribution in [0.4, 0.5) is 8.78 Å². The molecule has 0 radical (unpaired) electrons. The van der Waals surface area contributed by atoms with Crippen LogP contribution in [0.5, 0.6) is 0 Å². The highest BCUT2D eigenvalue weighted by Crippen LogP contribution is 2.23. The minimum Gasteiger partial charge on any atom is -0.358 e. The van der Waals surface area contributed by atoms with E-state index in [1.54, 1.807) is 12.3 Å². The maximum atomic E-state index is 13.5. The number of nitrogens with one attached hydrogen (secondary N) is 1. The molecule has 0 unspecified atom stereocenters. The van der Waals surface area contributed by atoms with Crippen LogP contribution in [0, 0.1) is 11.6 Å². The molecule has 1 heterocycles. The van der Waals surface area contributed by atoms with Crippen molar-refractivity contribution in [3.63, 3.8) is 0 Å². The average Bonchev–Trinajstić information content (AvgIpc) is 2.74. The third kappa shape index (κ3) is 2.38. The second-order valence-corrected chi connectivity index (χ2v) is 4.92. The first-order valence-electron chi connectivity index (χ1n) is 6.15. The van der Waals surface area contributed by atoms with Crippen molar-refractivity contribution in [1.29, 1.82) is 0 Å². The summed E-state index contributed by atoms with van der Waals surface area (Å²) in [7, 11) is 2.06. The van der Waals surface area contributed by atoms with Gasteiger partial charge in [0.1, 0.15) is 0 Å². The fourth-order valence-corrected chi connectivity index (χ4v) is 1.96. The van der Waals surface area contributed by atoms with E-state index >= 15 is 0 Å². The molecule has 0 saturated carbocycles. The number of benzene rings is 1. The molecule has 0 bridgehead atoms. The maximum absolute atomic E-state index is 13.5. The zero-order valence-electron chi connectivity index (χ0n) is 10.9. The molecule has 98 valence electrons. The van der Waals surface area contributed by atoms with Gasteiger partial charge in [-0.2, -0.15) is 0 Å². The number of fused-ring (bicyclic) bond motifs is 1. The molecule has 0 saturated heterocycles. The van der Waals surface area contributed by atoms with Gasteiger partial charge < -0.3 is 9.88 Å². The molecule has 1 aromatic carbocycles. The molecule has 0 spiro atoms. The lowest BCUT2D eigenvalue weighted by atomic mass is 10.1. The highest BCUT2D eigenvalue weighted by molar-refractivity contribution is 5.83. The summed E-state index contributed by atoms with van der Waals surface area (Å²) in [6, 6.07) is 3.29. The molecule has 4 heteroatoms. The monoisotopic (exact) mass is 252 g/mol. The number of hydrogen-bond acceptors (Lipinski definition) is 1. The fourth-order valence-electron chi connectivity index (χ4n) is 1.96. The summed E-state index contributed by atoms with van der Waals surface area (Å²) in [6.07, 6.45) is 2.58. The highest BCUT2D eigenvalue weighted by atomic mass is 19.2. The van der Waals surface area contributed by atoms with Crippen LogP contribution in [-0.2, 0) is 6.42 Å². The molecule has 2 aromatic rings. The predicted octanol–water partition coefficient (Wildman–Crippen LogP) is 3.33. The van der Waals surface area contributed by atoms with E-state index in [4.69, 9.17) is 0 Å². The molecule has 2 nitrogen and oxygen atoms in total. The van der Waals surface area contributed by atoms with Crippen molar-refractivity contribution in [2.24, 2.45) is 0 Å².